The Morgan fingerprint density at radius 3 is 2.67 bits per heavy atom. The second-order valence-corrected chi connectivity index (χ2v) is 3.49. The minimum Gasteiger partial charge on any atom is -0.382 e. The van der Waals surface area contributed by atoms with Crippen molar-refractivity contribution >= 4 is 0 Å². The third kappa shape index (κ3) is 13.6. The van der Waals surface area contributed by atoms with Crippen LogP contribution in [-0.4, -0.2) is 40.0 Å². The molecule has 0 spiro atoms. The molecule has 90 valence electrons. The lowest BCUT2D eigenvalue weighted by molar-refractivity contribution is 0.0720. The first-order valence-electron chi connectivity index (χ1n) is 5.80. The second-order valence-electron chi connectivity index (χ2n) is 3.49. The number of methoxy groups -OCH3 is 1. The minimum absolute atomic E-state index is 0.682. The lowest BCUT2D eigenvalue weighted by atomic mass is 10.2. The smallest absolute Gasteiger partial charge is 0.0700 e. The van der Waals surface area contributed by atoms with E-state index in [0.29, 0.717) is 13.2 Å². The van der Waals surface area contributed by atoms with Gasteiger partial charge in [-0.25, -0.2) is 0 Å². The van der Waals surface area contributed by atoms with E-state index in [9.17, 15) is 0 Å². The van der Waals surface area contributed by atoms with Gasteiger partial charge in [-0.1, -0.05) is 12.5 Å². The molecule has 0 aromatic carbocycles. The van der Waals surface area contributed by atoms with Crippen LogP contribution in [0.5, 0.6) is 0 Å². The molecule has 0 aromatic rings. The van der Waals surface area contributed by atoms with Crippen molar-refractivity contribution in [2.24, 2.45) is 0 Å². The third-order valence-corrected chi connectivity index (χ3v) is 2.12. The van der Waals surface area contributed by atoms with Gasteiger partial charge in [-0.15, -0.1) is 6.58 Å². The van der Waals surface area contributed by atoms with Gasteiger partial charge in [-0.3, -0.25) is 0 Å². The van der Waals surface area contributed by atoms with Crippen LogP contribution in [0.3, 0.4) is 0 Å². The van der Waals surface area contributed by atoms with Crippen molar-refractivity contribution in [2.75, 3.05) is 40.0 Å². The van der Waals surface area contributed by atoms with Gasteiger partial charge in [0.25, 0.3) is 0 Å². The van der Waals surface area contributed by atoms with Gasteiger partial charge in [0.05, 0.1) is 19.8 Å². The van der Waals surface area contributed by atoms with E-state index in [1.54, 1.807) is 7.11 Å². The molecule has 1 N–H and O–H groups in total. The molecule has 0 fully saturated rings. The fraction of sp³-hybridized carbons (Fsp3) is 0.833. The Kier molecular flexibility index (Phi) is 13.3. The molecule has 0 atom stereocenters. The van der Waals surface area contributed by atoms with Crippen molar-refractivity contribution < 1.29 is 9.47 Å². The van der Waals surface area contributed by atoms with Gasteiger partial charge in [-0.05, 0) is 25.8 Å². The van der Waals surface area contributed by atoms with E-state index in [-0.39, 0.29) is 0 Å². The number of ether oxygens (including phenoxy) is 2. The van der Waals surface area contributed by atoms with Crippen LogP contribution in [0.4, 0.5) is 0 Å². The number of nitrogens with one attached hydrogen (secondary N) is 1. The minimum atomic E-state index is 0.682. The summed E-state index contributed by atoms with van der Waals surface area (Å²) in [6.07, 6.45) is 6.90. The van der Waals surface area contributed by atoms with Crippen molar-refractivity contribution in [3.05, 3.63) is 12.7 Å². The Labute approximate surface area is 93.8 Å². The van der Waals surface area contributed by atoms with Crippen LogP contribution < -0.4 is 5.32 Å². The van der Waals surface area contributed by atoms with Crippen LogP contribution in [-0.2, 0) is 9.47 Å². The molecule has 0 saturated carbocycles. The van der Waals surface area contributed by atoms with Crippen LogP contribution in [0, 0.1) is 0 Å². The van der Waals surface area contributed by atoms with Gasteiger partial charge in [0, 0.05) is 13.7 Å². The summed E-state index contributed by atoms with van der Waals surface area (Å²) >= 11 is 0. The fourth-order valence-electron chi connectivity index (χ4n) is 1.23. The zero-order valence-corrected chi connectivity index (χ0v) is 9.96. The van der Waals surface area contributed by atoms with E-state index in [2.05, 4.69) is 11.9 Å². The number of allylic oxidation sites excluding steroid dienone is 1. The summed E-state index contributed by atoms with van der Waals surface area (Å²) in [6.45, 7) is 7.87. The predicted octanol–water partition coefficient (Wildman–Crippen LogP) is 1.99. The van der Waals surface area contributed by atoms with Crippen molar-refractivity contribution in [3.8, 4) is 0 Å². The number of rotatable bonds is 12. The zero-order valence-electron chi connectivity index (χ0n) is 9.96. The average Bonchev–Trinajstić information content (AvgIpc) is 2.26. The molecule has 0 aliphatic rings. The maximum atomic E-state index is 5.32. The van der Waals surface area contributed by atoms with E-state index >= 15 is 0 Å². The molecular weight excluding hydrogens is 190 g/mol. The summed E-state index contributed by atoms with van der Waals surface area (Å²) < 4.78 is 10.2. The van der Waals surface area contributed by atoms with Gasteiger partial charge in [-0.2, -0.15) is 0 Å². The SMILES string of the molecule is C=CCCCCCNCCOCCOC. The molecule has 0 aliphatic heterocycles. The molecule has 15 heavy (non-hydrogen) atoms. The Bertz CT molecular complexity index is 129. The van der Waals surface area contributed by atoms with E-state index < -0.39 is 0 Å². The predicted molar refractivity (Wildman–Crippen MR) is 64.2 cm³/mol. The topological polar surface area (TPSA) is 30.5 Å². The van der Waals surface area contributed by atoms with Gasteiger partial charge in [0.2, 0.25) is 0 Å². The Balaban J connectivity index is 2.83. The van der Waals surface area contributed by atoms with Crippen LogP contribution in [0.2, 0.25) is 0 Å². The molecule has 0 bridgehead atoms. The molecule has 3 nitrogen and oxygen atoms in total. The molecule has 3 heteroatoms. The number of hydrogen-bond donors (Lipinski definition) is 1. The second kappa shape index (κ2) is 13.6. The fourth-order valence-corrected chi connectivity index (χ4v) is 1.23. The van der Waals surface area contributed by atoms with E-state index in [1.807, 2.05) is 6.08 Å². The quantitative estimate of drug-likeness (QED) is 0.399. The normalized spacial score (nSPS) is 10.5. The van der Waals surface area contributed by atoms with Gasteiger partial charge in [0.15, 0.2) is 0 Å². The molecule has 0 aromatic heterocycles. The average molecular weight is 215 g/mol. The Morgan fingerprint density at radius 2 is 1.93 bits per heavy atom. The van der Waals surface area contributed by atoms with E-state index in [1.165, 1.54) is 19.3 Å². The summed E-state index contributed by atoms with van der Waals surface area (Å²) in [7, 11) is 1.69. The maximum Gasteiger partial charge on any atom is 0.0700 e. The van der Waals surface area contributed by atoms with Crippen molar-refractivity contribution in [1.29, 1.82) is 0 Å². The first-order valence-corrected chi connectivity index (χ1v) is 5.80. The van der Waals surface area contributed by atoms with Gasteiger partial charge in [0.1, 0.15) is 0 Å². The molecule has 0 rings (SSSR count). The standard InChI is InChI=1S/C12H25NO2/c1-3-4-5-6-7-8-13-9-10-15-12-11-14-2/h3,13H,1,4-12H2,2H3. The molecule has 0 unspecified atom stereocenters. The Morgan fingerprint density at radius 1 is 1.07 bits per heavy atom. The molecule has 0 heterocycles. The van der Waals surface area contributed by atoms with Crippen LogP contribution in [0.25, 0.3) is 0 Å². The highest BCUT2D eigenvalue weighted by molar-refractivity contribution is 4.65. The van der Waals surface area contributed by atoms with Crippen LogP contribution in [0.1, 0.15) is 25.7 Å². The molecule has 0 aliphatic carbocycles. The summed E-state index contributed by atoms with van der Waals surface area (Å²) in [5, 5.41) is 3.35. The number of hydrogen-bond acceptors (Lipinski definition) is 3. The maximum absolute atomic E-state index is 5.32. The third-order valence-electron chi connectivity index (χ3n) is 2.12. The van der Waals surface area contributed by atoms with E-state index in [4.69, 9.17) is 9.47 Å². The van der Waals surface area contributed by atoms with Gasteiger partial charge < -0.3 is 14.8 Å². The van der Waals surface area contributed by atoms with Crippen LogP contribution in [0.15, 0.2) is 12.7 Å². The summed E-state index contributed by atoms with van der Waals surface area (Å²) in [4.78, 5) is 0. The number of unbranched alkanes of at least 4 members (excludes halogenated alkanes) is 3. The summed E-state index contributed by atoms with van der Waals surface area (Å²) in [5.41, 5.74) is 0. The molecule has 0 amide bonds. The van der Waals surface area contributed by atoms with Crippen molar-refractivity contribution in [2.45, 2.75) is 25.7 Å². The lowest BCUT2D eigenvalue weighted by Gasteiger charge is -2.05. The first kappa shape index (κ1) is 14.6. The summed E-state index contributed by atoms with van der Waals surface area (Å²) in [5.74, 6) is 0. The van der Waals surface area contributed by atoms with Gasteiger partial charge >= 0.3 is 0 Å². The highest BCUT2D eigenvalue weighted by atomic mass is 16.5. The molecule has 0 saturated heterocycles. The largest absolute Gasteiger partial charge is 0.382 e. The van der Waals surface area contributed by atoms with Crippen LogP contribution >= 0.6 is 0 Å². The lowest BCUT2D eigenvalue weighted by Crippen LogP contribution is -2.21. The first-order chi connectivity index (χ1) is 7.41. The Hall–Kier alpha value is -0.380. The highest BCUT2D eigenvalue weighted by Gasteiger charge is 1.90. The molecular formula is C12H25NO2. The summed E-state index contributed by atoms with van der Waals surface area (Å²) in [6, 6.07) is 0. The van der Waals surface area contributed by atoms with Crippen molar-refractivity contribution in [3.63, 3.8) is 0 Å². The molecule has 0 radical (unpaired) electrons. The zero-order chi connectivity index (χ0) is 11.2. The van der Waals surface area contributed by atoms with E-state index in [0.717, 1.165) is 26.1 Å². The monoisotopic (exact) mass is 215 g/mol. The highest BCUT2D eigenvalue weighted by Crippen LogP contribution is 1.98. The van der Waals surface area contributed by atoms with Crippen molar-refractivity contribution in [1.82, 2.24) is 5.32 Å².